The van der Waals surface area contributed by atoms with Crippen molar-refractivity contribution in [3.8, 4) is 0 Å². The molecule has 14 heteroatoms. The van der Waals surface area contributed by atoms with E-state index in [1.54, 1.807) is 56.3 Å². The number of carbonyl (C=O) groups excluding carboxylic acids is 6. The Morgan fingerprint density at radius 1 is 0.830 bits per heavy atom. The topological polar surface area (TPSA) is 218 Å². The van der Waals surface area contributed by atoms with Gasteiger partial charge < -0.3 is 42.2 Å². The van der Waals surface area contributed by atoms with Crippen molar-refractivity contribution < 1.29 is 38.6 Å². The maximum atomic E-state index is 13.6. The van der Waals surface area contributed by atoms with E-state index in [0.717, 1.165) is 11.1 Å². The fourth-order valence-electron chi connectivity index (χ4n) is 4.94. The number of benzene rings is 2. The lowest BCUT2D eigenvalue weighted by Crippen LogP contribution is -2.60. The van der Waals surface area contributed by atoms with Crippen LogP contribution >= 0.6 is 0 Å². The molecule has 14 nitrogen and oxygen atoms in total. The van der Waals surface area contributed by atoms with Crippen LogP contribution < -0.4 is 32.3 Å². The van der Waals surface area contributed by atoms with Crippen molar-refractivity contribution in [3.05, 3.63) is 71.8 Å². The summed E-state index contributed by atoms with van der Waals surface area (Å²) in [6.07, 6.45) is -1.06. The SMILES string of the molecule is CC(C)[C@H](NC(=O)[C@H](CC(N)=O)NC(=O)[C@@H]1CC(O)CN1)C(=O)N[C@@H](Cc1ccccc1)C(=O)N[C@@H](C)C(=O)OCc1ccccc1. The fraction of sp³-hybridized carbons (Fsp3) is 0.455. The van der Waals surface area contributed by atoms with Crippen molar-refractivity contribution in [2.24, 2.45) is 11.7 Å². The van der Waals surface area contributed by atoms with Gasteiger partial charge in [0, 0.05) is 13.0 Å². The quantitative estimate of drug-likeness (QED) is 0.113. The van der Waals surface area contributed by atoms with Gasteiger partial charge in [0.2, 0.25) is 29.5 Å². The molecule has 47 heavy (non-hydrogen) atoms. The Labute approximate surface area is 273 Å². The van der Waals surface area contributed by atoms with Crippen LogP contribution in [0.5, 0.6) is 0 Å². The highest BCUT2D eigenvalue weighted by molar-refractivity contribution is 5.97. The highest BCUT2D eigenvalue weighted by Crippen LogP contribution is 2.10. The van der Waals surface area contributed by atoms with Crippen LogP contribution in [0.1, 0.15) is 44.7 Å². The number of carbonyl (C=O) groups is 6. The lowest BCUT2D eigenvalue weighted by Gasteiger charge is -2.28. The molecule has 1 unspecified atom stereocenters. The summed E-state index contributed by atoms with van der Waals surface area (Å²) in [5.41, 5.74) is 6.84. The standard InChI is InChI=1S/C33H44N6O8/c1-19(2)28(39-31(44)26(16-27(34)41)37-29(42)24-15-23(40)17-35-24)32(45)38-25(14-21-10-6-4-7-11-21)30(43)36-20(3)33(46)47-18-22-12-8-5-9-13-22/h4-13,19-20,23-26,28,35,40H,14-18H2,1-3H3,(H2,34,41)(H,36,43)(H,37,42)(H,38,45)(H,39,44)/t20-,23?,24-,25-,26-,28-/m0/s1. The van der Waals surface area contributed by atoms with E-state index in [4.69, 9.17) is 10.5 Å². The molecule has 5 amide bonds. The van der Waals surface area contributed by atoms with Crippen LogP contribution in [0.4, 0.5) is 0 Å². The number of hydrogen-bond acceptors (Lipinski definition) is 9. The second kappa shape index (κ2) is 17.8. The molecule has 8 N–H and O–H groups in total. The first-order chi connectivity index (χ1) is 22.3. The van der Waals surface area contributed by atoms with Crippen molar-refractivity contribution in [2.45, 2.75) is 83.0 Å². The number of aliphatic hydroxyl groups excluding tert-OH is 1. The van der Waals surface area contributed by atoms with E-state index in [0.29, 0.717) is 0 Å². The van der Waals surface area contributed by atoms with Crippen molar-refractivity contribution in [1.82, 2.24) is 26.6 Å². The molecule has 0 aliphatic carbocycles. The summed E-state index contributed by atoms with van der Waals surface area (Å²) < 4.78 is 5.33. The molecule has 1 saturated heterocycles. The van der Waals surface area contributed by atoms with E-state index in [-0.39, 0.29) is 26.0 Å². The third kappa shape index (κ3) is 11.8. The first kappa shape index (κ1) is 36.6. The third-order valence-electron chi connectivity index (χ3n) is 7.56. The second-order valence-corrected chi connectivity index (χ2v) is 11.9. The van der Waals surface area contributed by atoms with Gasteiger partial charge in [0.1, 0.15) is 30.8 Å². The number of aliphatic hydroxyl groups is 1. The number of rotatable bonds is 16. The van der Waals surface area contributed by atoms with Crippen LogP contribution in [0.25, 0.3) is 0 Å². The number of esters is 1. The Balaban J connectivity index is 1.70. The molecule has 254 valence electrons. The molecule has 0 aromatic heterocycles. The molecular formula is C33H44N6O8. The Morgan fingerprint density at radius 2 is 1.43 bits per heavy atom. The number of nitrogens with one attached hydrogen (secondary N) is 5. The van der Waals surface area contributed by atoms with Gasteiger partial charge in [-0.15, -0.1) is 0 Å². The molecule has 6 atom stereocenters. The molecular weight excluding hydrogens is 608 g/mol. The van der Waals surface area contributed by atoms with E-state index >= 15 is 0 Å². The van der Waals surface area contributed by atoms with Gasteiger partial charge >= 0.3 is 5.97 Å². The monoisotopic (exact) mass is 652 g/mol. The molecule has 1 aliphatic rings. The van der Waals surface area contributed by atoms with E-state index < -0.39 is 84.2 Å². The highest BCUT2D eigenvalue weighted by Gasteiger charge is 2.35. The number of β-amino-alcohol motifs (C(OH)–C–C–N with tert-alkyl or cyclic N) is 1. The minimum absolute atomic E-state index is 0.0240. The third-order valence-corrected chi connectivity index (χ3v) is 7.56. The minimum Gasteiger partial charge on any atom is -0.459 e. The van der Waals surface area contributed by atoms with E-state index in [1.165, 1.54) is 6.92 Å². The summed E-state index contributed by atoms with van der Waals surface area (Å²) in [5.74, 6) is -4.79. The van der Waals surface area contributed by atoms with Crippen LogP contribution in [0.3, 0.4) is 0 Å². The minimum atomic E-state index is -1.39. The summed E-state index contributed by atoms with van der Waals surface area (Å²) in [7, 11) is 0. The average Bonchev–Trinajstić information content (AvgIpc) is 3.48. The lowest BCUT2D eigenvalue weighted by molar-refractivity contribution is -0.148. The average molecular weight is 653 g/mol. The van der Waals surface area contributed by atoms with Gasteiger partial charge in [0.15, 0.2) is 0 Å². The molecule has 0 saturated carbocycles. The lowest BCUT2D eigenvalue weighted by atomic mass is 10.00. The molecule has 1 heterocycles. The first-order valence-corrected chi connectivity index (χ1v) is 15.5. The first-order valence-electron chi connectivity index (χ1n) is 15.5. The summed E-state index contributed by atoms with van der Waals surface area (Å²) in [6, 6.07) is 12.5. The van der Waals surface area contributed by atoms with Gasteiger partial charge in [-0.3, -0.25) is 24.0 Å². The second-order valence-electron chi connectivity index (χ2n) is 11.9. The Bertz CT molecular complexity index is 1390. The van der Waals surface area contributed by atoms with E-state index in [2.05, 4.69) is 26.6 Å². The molecule has 0 bridgehead atoms. The van der Waals surface area contributed by atoms with Gasteiger partial charge in [0.05, 0.1) is 18.6 Å². The zero-order valence-electron chi connectivity index (χ0n) is 26.7. The van der Waals surface area contributed by atoms with Crippen molar-refractivity contribution in [1.29, 1.82) is 0 Å². The van der Waals surface area contributed by atoms with Crippen LogP contribution in [0, 0.1) is 5.92 Å². The normalized spacial score (nSPS) is 18.2. The Hall–Kier alpha value is -4.82. The van der Waals surface area contributed by atoms with Crippen molar-refractivity contribution in [3.63, 3.8) is 0 Å². The van der Waals surface area contributed by atoms with Crippen LogP contribution in [0.2, 0.25) is 0 Å². The maximum Gasteiger partial charge on any atom is 0.328 e. The summed E-state index contributed by atoms with van der Waals surface area (Å²) in [4.78, 5) is 77.4. The van der Waals surface area contributed by atoms with Gasteiger partial charge in [-0.2, -0.15) is 0 Å². The zero-order valence-corrected chi connectivity index (χ0v) is 26.7. The zero-order chi connectivity index (χ0) is 34.5. The number of amides is 5. The van der Waals surface area contributed by atoms with Crippen molar-refractivity contribution >= 4 is 35.5 Å². The summed E-state index contributed by atoms with van der Waals surface area (Å²) in [6.45, 7) is 5.04. The van der Waals surface area contributed by atoms with Gasteiger partial charge in [-0.05, 0) is 30.4 Å². The Kier molecular flexibility index (Phi) is 13.8. The maximum absolute atomic E-state index is 13.6. The molecule has 0 spiro atoms. The largest absolute Gasteiger partial charge is 0.459 e. The summed E-state index contributed by atoms with van der Waals surface area (Å²) in [5, 5.41) is 22.9. The predicted octanol–water partition coefficient (Wildman–Crippen LogP) is -0.814. The number of hydrogen-bond donors (Lipinski definition) is 7. The number of primary amides is 1. The van der Waals surface area contributed by atoms with Crippen molar-refractivity contribution in [2.75, 3.05) is 6.54 Å². The molecule has 3 rings (SSSR count). The molecule has 0 radical (unpaired) electrons. The molecule has 1 fully saturated rings. The van der Waals surface area contributed by atoms with Gasteiger partial charge in [-0.1, -0.05) is 74.5 Å². The van der Waals surface area contributed by atoms with Crippen LogP contribution in [-0.2, 0) is 46.5 Å². The fourth-order valence-corrected chi connectivity index (χ4v) is 4.94. The smallest absolute Gasteiger partial charge is 0.328 e. The van der Waals surface area contributed by atoms with Crippen LogP contribution in [-0.4, -0.2) is 83.5 Å². The van der Waals surface area contributed by atoms with Crippen LogP contribution in [0.15, 0.2) is 60.7 Å². The number of nitrogens with two attached hydrogens (primary N) is 1. The molecule has 2 aromatic carbocycles. The van der Waals surface area contributed by atoms with E-state index in [1.807, 2.05) is 18.2 Å². The van der Waals surface area contributed by atoms with E-state index in [9.17, 15) is 33.9 Å². The van der Waals surface area contributed by atoms with Gasteiger partial charge in [0.25, 0.3) is 0 Å². The summed E-state index contributed by atoms with van der Waals surface area (Å²) >= 11 is 0. The predicted molar refractivity (Wildman–Crippen MR) is 171 cm³/mol. The molecule has 2 aromatic rings. The molecule has 1 aliphatic heterocycles. The van der Waals surface area contributed by atoms with Gasteiger partial charge in [-0.25, -0.2) is 4.79 Å². The number of ether oxygens (including phenoxy) is 1. The highest BCUT2D eigenvalue weighted by atomic mass is 16.5. The Morgan fingerprint density at radius 3 is 1.98 bits per heavy atom.